The van der Waals surface area contributed by atoms with E-state index < -0.39 is 35.5 Å². The molecule has 3 aromatic rings. The highest BCUT2D eigenvalue weighted by molar-refractivity contribution is 6.06. The molecule has 0 aliphatic carbocycles. The highest BCUT2D eigenvalue weighted by Gasteiger charge is 2.36. The molecule has 0 radical (unpaired) electrons. The van der Waals surface area contributed by atoms with Crippen molar-refractivity contribution in [1.29, 1.82) is 0 Å². The summed E-state index contributed by atoms with van der Waals surface area (Å²) in [6, 6.07) is 9.84. The quantitative estimate of drug-likeness (QED) is 0.177. The summed E-state index contributed by atoms with van der Waals surface area (Å²) in [6.45, 7) is 6.78. The van der Waals surface area contributed by atoms with E-state index in [2.05, 4.69) is 37.9 Å². The average Bonchev–Trinajstić information content (AvgIpc) is 3.63. The van der Waals surface area contributed by atoms with Crippen LogP contribution in [0.3, 0.4) is 0 Å². The van der Waals surface area contributed by atoms with Gasteiger partial charge in [0.2, 0.25) is 17.8 Å². The highest BCUT2D eigenvalue weighted by Crippen LogP contribution is 2.33. The molecule has 2 aromatic carbocycles. The monoisotopic (exact) mass is 866 g/mol. The lowest BCUT2D eigenvalue weighted by Crippen LogP contribution is -2.53. The van der Waals surface area contributed by atoms with Gasteiger partial charge in [0.05, 0.1) is 17.3 Å². The first kappa shape index (κ1) is 43.4. The number of rotatable bonds is 12. The third-order valence-electron chi connectivity index (χ3n) is 13.5. The van der Waals surface area contributed by atoms with Crippen molar-refractivity contribution in [3.63, 3.8) is 0 Å². The summed E-state index contributed by atoms with van der Waals surface area (Å²) in [5.41, 5.74) is 7.80. The number of aromatic nitrogens is 3. The van der Waals surface area contributed by atoms with E-state index in [-0.39, 0.29) is 53.2 Å². The van der Waals surface area contributed by atoms with Gasteiger partial charge in [-0.15, -0.1) is 10.2 Å². The standard InChI is InChI=1S/C44H55FN12O6/c1-52-20-21-57(44(52)63)32-4-3-15-56(25-32)43-49-40(38(39(46)60)50-51-43)47-31-7-5-28(6-8-31)29-13-16-54(17-14-29)24-27-11-18-55(19-12-27)36-22-30(26-58)33(23-34(36)45)42(62)53(2)35-9-10-37(59)48-41(35)61/h5-8,22-23,26-27,29,32,35H,3-4,9-21,24-25H2,1-2H3,(H2,46,60)(H,47,49,51)(H,48,59,61). The normalized spacial score (nSPS) is 21.7. The van der Waals surface area contributed by atoms with Gasteiger partial charge in [-0.3, -0.25) is 29.3 Å². The van der Waals surface area contributed by atoms with Gasteiger partial charge in [-0.05, 0) is 99.7 Å². The van der Waals surface area contributed by atoms with Crippen LogP contribution in [-0.2, 0) is 9.59 Å². The van der Waals surface area contributed by atoms with Crippen molar-refractivity contribution < 1.29 is 33.2 Å². The number of nitrogens with one attached hydrogen (secondary N) is 2. The predicted octanol–water partition coefficient (Wildman–Crippen LogP) is 2.98. The van der Waals surface area contributed by atoms with Crippen LogP contribution in [0.25, 0.3) is 0 Å². The van der Waals surface area contributed by atoms with Crippen molar-refractivity contribution in [1.82, 2.24) is 40.1 Å². The third kappa shape index (κ3) is 9.43. The number of carbonyl (C=O) groups excluding carboxylic acids is 6. The number of amides is 6. The van der Waals surface area contributed by atoms with E-state index in [1.54, 1.807) is 4.90 Å². The van der Waals surface area contributed by atoms with Crippen LogP contribution in [0, 0.1) is 11.7 Å². The highest BCUT2D eigenvalue weighted by atomic mass is 19.1. The molecule has 2 atom stereocenters. The topological polar surface area (TPSA) is 211 Å². The molecule has 5 aliphatic heterocycles. The van der Waals surface area contributed by atoms with E-state index in [9.17, 15) is 28.8 Å². The Hall–Kier alpha value is -6.24. The number of nitrogens with two attached hydrogens (primary N) is 1. The second-order valence-electron chi connectivity index (χ2n) is 17.5. The molecule has 1 aromatic heterocycles. The second-order valence-corrected chi connectivity index (χ2v) is 17.5. The molecule has 8 rings (SSSR count). The number of anilines is 4. The zero-order valence-corrected chi connectivity index (χ0v) is 35.8. The Kier molecular flexibility index (Phi) is 12.8. The Bertz CT molecular complexity index is 2250. The summed E-state index contributed by atoms with van der Waals surface area (Å²) >= 11 is 0. The Morgan fingerprint density at radius 2 is 1.68 bits per heavy atom. The molecule has 0 saturated carbocycles. The molecule has 5 fully saturated rings. The summed E-state index contributed by atoms with van der Waals surface area (Å²) in [4.78, 5) is 90.3. The molecule has 4 N–H and O–H groups in total. The number of hydrogen-bond acceptors (Lipinski definition) is 13. The minimum absolute atomic E-state index is 0.0319. The van der Waals surface area contributed by atoms with Gasteiger partial charge in [-0.25, -0.2) is 9.18 Å². The first-order valence-electron chi connectivity index (χ1n) is 21.9. The van der Waals surface area contributed by atoms with Gasteiger partial charge in [0.25, 0.3) is 11.8 Å². The van der Waals surface area contributed by atoms with Gasteiger partial charge in [0, 0.05) is 77.6 Å². The van der Waals surface area contributed by atoms with Crippen molar-refractivity contribution in [2.45, 2.75) is 69.4 Å². The molecule has 0 spiro atoms. The third-order valence-corrected chi connectivity index (χ3v) is 13.5. The minimum atomic E-state index is -0.889. The summed E-state index contributed by atoms with van der Waals surface area (Å²) < 4.78 is 15.6. The van der Waals surface area contributed by atoms with Crippen molar-refractivity contribution in [3.8, 4) is 0 Å². The van der Waals surface area contributed by atoms with Crippen molar-refractivity contribution >= 4 is 59.1 Å². The van der Waals surface area contributed by atoms with Crippen LogP contribution in [-0.4, -0.2) is 156 Å². The number of likely N-dealkylation sites (N-methyl/N-ethyl adjacent to an activating group) is 2. The van der Waals surface area contributed by atoms with Gasteiger partial charge in [-0.1, -0.05) is 12.1 Å². The Labute approximate surface area is 365 Å². The predicted molar refractivity (Wildman–Crippen MR) is 231 cm³/mol. The molecule has 19 heteroatoms. The molecule has 5 aliphatic rings. The molecule has 5 saturated heterocycles. The summed E-state index contributed by atoms with van der Waals surface area (Å²) in [5.74, 6) is -1.55. The van der Waals surface area contributed by atoms with Gasteiger partial charge in [-0.2, -0.15) is 4.98 Å². The van der Waals surface area contributed by atoms with Gasteiger partial charge in [0.1, 0.15) is 11.9 Å². The molecule has 2 unspecified atom stereocenters. The van der Waals surface area contributed by atoms with Gasteiger partial charge in [0.15, 0.2) is 17.8 Å². The van der Waals surface area contributed by atoms with Gasteiger partial charge < -0.3 is 40.4 Å². The van der Waals surface area contributed by atoms with Crippen LogP contribution in [0.15, 0.2) is 36.4 Å². The van der Waals surface area contributed by atoms with E-state index in [4.69, 9.17) is 10.7 Å². The number of primary amides is 1. The molecular weight excluding hydrogens is 812 g/mol. The van der Waals surface area contributed by atoms with E-state index in [1.807, 2.05) is 33.9 Å². The molecule has 18 nitrogen and oxygen atoms in total. The lowest BCUT2D eigenvalue weighted by atomic mass is 9.88. The van der Waals surface area contributed by atoms with E-state index >= 15 is 4.39 Å². The molecule has 0 bridgehead atoms. The van der Waals surface area contributed by atoms with Crippen molar-refractivity contribution in [2.75, 3.05) is 88.1 Å². The number of piperidine rings is 4. The molecule has 334 valence electrons. The van der Waals surface area contributed by atoms with Crippen LogP contribution >= 0.6 is 0 Å². The van der Waals surface area contributed by atoms with E-state index in [0.717, 1.165) is 74.8 Å². The maximum absolute atomic E-state index is 15.6. The summed E-state index contributed by atoms with van der Waals surface area (Å²) in [6.07, 6.45) is 6.29. The first-order chi connectivity index (χ1) is 30.4. The number of imide groups is 1. The number of carbonyl (C=O) groups is 6. The number of likely N-dealkylation sites (tertiary alicyclic amines) is 1. The Balaban J connectivity index is 0.818. The molecule has 63 heavy (non-hydrogen) atoms. The SMILES string of the molecule is CN1CCN(C2CCCN(c3nnc(C(N)=O)c(Nc4ccc(C5CCN(CC6CCN(c7cc(C=O)c(C(=O)N(C)C8CCC(=O)NC8=O)cc7F)CC6)CC5)cc4)n3)C2)C1=O. The maximum Gasteiger partial charge on any atom is 0.320 e. The minimum Gasteiger partial charge on any atom is -0.369 e. The largest absolute Gasteiger partial charge is 0.369 e. The number of urea groups is 1. The zero-order chi connectivity index (χ0) is 44.4. The van der Waals surface area contributed by atoms with Crippen LogP contribution in [0.4, 0.5) is 32.3 Å². The summed E-state index contributed by atoms with van der Waals surface area (Å²) in [7, 11) is 3.23. The number of halogens is 1. The lowest BCUT2D eigenvalue weighted by Gasteiger charge is -2.38. The molecule has 6 amide bonds. The fourth-order valence-corrected chi connectivity index (χ4v) is 9.73. The number of aldehydes is 1. The van der Waals surface area contributed by atoms with Crippen LogP contribution in [0.2, 0.25) is 0 Å². The zero-order valence-electron chi connectivity index (χ0n) is 35.8. The number of hydrogen-bond donors (Lipinski definition) is 3. The van der Waals surface area contributed by atoms with Crippen molar-refractivity contribution in [3.05, 3.63) is 64.6 Å². The number of nitrogens with zero attached hydrogens (tertiary/aromatic N) is 9. The Morgan fingerprint density at radius 3 is 2.35 bits per heavy atom. The first-order valence-corrected chi connectivity index (χ1v) is 21.9. The van der Waals surface area contributed by atoms with E-state index in [0.29, 0.717) is 63.3 Å². The van der Waals surface area contributed by atoms with Gasteiger partial charge >= 0.3 is 6.03 Å². The molecular formula is C44H55FN12O6. The second kappa shape index (κ2) is 18.6. The Morgan fingerprint density at radius 1 is 0.937 bits per heavy atom. The van der Waals surface area contributed by atoms with Crippen LogP contribution < -0.4 is 26.2 Å². The smallest absolute Gasteiger partial charge is 0.320 e. The summed E-state index contributed by atoms with van der Waals surface area (Å²) in [5, 5.41) is 13.9. The fourth-order valence-electron chi connectivity index (χ4n) is 9.73. The molecule has 6 heterocycles. The number of benzene rings is 2. The maximum atomic E-state index is 15.6. The van der Waals surface area contributed by atoms with Crippen molar-refractivity contribution in [2.24, 2.45) is 11.7 Å². The van der Waals surface area contributed by atoms with Crippen LogP contribution in [0.5, 0.6) is 0 Å². The van der Waals surface area contributed by atoms with Crippen LogP contribution in [0.1, 0.15) is 94.1 Å². The lowest BCUT2D eigenvalue weighted by molar-refractivity contribution is -0.136. The fraction of sp³-hybridized carbons (Fsp3) is 0.523. The van der Waals surface area contributed by atoms with E-state index in [1.165, 1.54) is 18.7 Å². The average molecular weight is 867 g/mol.